The van der Waals surface area contributed by atoms with Crippen LogP contribution >= 0.6 is 11.6 Å². The first-order chi connectivity index (χ1) is 17.3. The number of ether oxygens (including phenoxy) is 1. The van der Waals surface area contributed by atoms with E-state index in [1.165, 1.54) is 66.7 Å². The predicted molar refractivity (Wildman–Crippen MR) is 132 cm³/mol. The van der Waals surface area contributed by atoms with Crippen molar-refractivity contribution in [1.82, 2.24) is 0 Å². The lowest BCUT2D eigenvalue weighted by molar-refractivity contribution is -0.120. The molecule has 3 aromatic rings. The molecule has 10 heteroatoms. The minimum absolute atomic E-state index is 0.0482. The molecule has 0 aliphatic carbocycles. The fourth-order valence-electron chi connectivity index (χ4n) is 3.41. The summed E-state index contributed by atoms with van der Waals surface area (Å²) in [6, 6.07) is 17.5. The molecule has 0 bridgehead atoms. The van der Waals surface area contributed by atoms with Crippen molar-refractivity contribution >= 4 is 52.4 Å². The van der Waals surface area contributed by atoms with Crippen molar-refractivity contribution in [1.29, 1.82) is 0 Å². The molecule has 0 radical (unpaired) electrons. The average molecular weight is 508 g/mol. The Hall–Kier alpha value is -4.50. The third kappa shape index (κ3) is 4.96. The molecule has 182 valence electrons. The van der Waals surface area contributed by atoms with Gasteiger partial charge in [-0.25, -0.2) is 14.1 Å². The minimum Gasteiger partial charge on any atom is -0.462 e. The van der Waals surface area contributed by atoms with Crippen LogP contribution in [0.25, 0.3) is 0 Å². The summed E-state index contributed by atoms with van der Waals surface area (Å²) in [5, 5.41) is 4.98. The maximum Gasteiger partial charge on any atom is 0.338 e. The number of amides is 3. The quantitative estimate of drug-likeness (QED) is 0.355. The number of nitrogens with one attached hydrogen (secondary N) is 2. The number of para-hydroxylation sites is 1. The third-order valence-corrected chi connectivity index (χ3v) is 5.55. The first kappa shape index (κ1) is 24.6. The molecular weight excluding hydrogens is 489 g/mol. The fraction of sp³-hybridized carbons (Fsp3) is 0.0769. The van der Waals surface area contributed by atoms with Crippen LogP contribution in [0.4, 0.5) is 21.5 Å². The molecule has 0 saturated carbocycles. The number of benzene rings is 3. The largest absolute Gasteiger partial charge is 0.462 e. The second kappa shape index (κ2) is 10.4. The highest BCUT2D eigenvalue weighted by atomic mass is 35.5. The van der Waals surface area contributed by atoms with E-state index >= 15 is 0 Å². The van der Waals surface area contributed by atoms with Crippen LogP contribution in [0.1, 0.15) is 27.6 Å². The van der Waals surface area contributed by atoms with Crippen LogP contribution in [-0.4, -0.2) is 30.3 Å². The number of esters is 1. The van der Waals surface area contributed by atoms with Crippen LogP contribution in [0.5, 0.6) is 0 Å². The summed E-state index contributed by atoms with van der Waals surface area (Å²) in [6.45, 7) is 1.90. The van der Waals surface area contributed by atoms with E-state index in [0.29, 0.717) is 5.69 Å². The Balaban J connectivity index is 1.46. The van der Waals surface area contributed by atoms with Crippen LogP contribution in [0.3, 0.4) is 0 Å². The number of hydrogen-bond donors (Lipinski definition) is 2. The van der Waals surface area contributed by atoms with Gasteiger partial charge in [-0.05, 0) is 67.6 Å². The number of halogens is 2. The Labute approximate surface area is 210 Å². The van der Waals surface area contributed by atoms with Crippen LogP contribution in [-0.2, 0) is 14.3 Å². The first-order valence-electron chi connectivity index (χ1n) is 10.8. The molecule has 1 heterocycles. The van der Waals surface area contributed by atoms with E-state index in [1.54, 1.807) is 13.0 Å². The lowest BCUT2D eigenvalue weighted by atomic mass is 10.1. The number of carbonyl (C=O) groups is 4. The first-order valence-corrected chi connectivity index (χ1v) is 11.2. The number of imide groups is 1. The highest BCUT2D eigenvalue weighted by Crippen LogP contribution is 2.30. The topological polar surface area (TPSA) is 105 Å². The molecule has 8 nitrogen and oxygen atoms in total. The molecule has 0 unspecified atom stereocenters. The Morgan fingerprint density at radius 2 is 1.56 bits per heavy atom. The summed E-state index contributed by atoms with van der Waals surface area (Å²) >= 11 is 6.16. The number of nitrogens with zero attached hydrogens (tertiary/aromatic N) is 1. The van der Waals surface area contributed by atoms with Crippen molar-refractivity contribution in [3.05, 3.63) is 100 Å². The van der Waals surface area contributed by atoms with Crippen LogP contribution in [0.15, 0.2) is 83.5 Å². The normalized spacial score (nSPS) is 13.1. The summed E-state index contributed by atoms with van der Waals surface area (Å²) < 4.78 is 18.7. The van der Waals surface area contributed by atoms with Crippen molar-refractivity contribution in [2.45, 2.75) is 6.92 Å². The molecule has 0 saturated heterocycles. The standard InChI is InChI=1S/C26H19ClFN3O5/c1-2-36-26(35)16-9-13-18(14-10-16)31-24(33)21(27)22(25(31)34)29-17-11-7-15(8-12-17)23(32)30-20-6-4-3-5-19(20)28/h3-14,29H,2H2,1H3,(H,30,32). The monoisotopic (exact) mass is 507 g/mol. The zero-order valence-electron chi connectivity index (χ0n) is 18.9. The lowest BCUT2D eigenvalue weighted by Crippen LogP contribution is -2.32. The van der Waals surface area contributed by atoms with Gasteiger partial charge in [0.15, 0.2) is 0 Å². The van der Waals surface area contributed by atoms with E-state index in [4.69, 9.17) is 16.3 Å². The summed E-state index contributed by atoms with van der Waals surface area (Å²) in [5.74, 6) is -3.01. The predicted octanol–water partition coefficient (Wildman–Crippen LogP) is 4.69. The molecule has 0 aromatic heterocycles. The summed E-state index contributed by atoms with van der Waals surface area (Å²) in [4.78, 5) is 50.8. The number of rotatable bonds is 7. The molecule has 1 aliphatic heterocycles. The smallest absolute Gasteiger partial charge is 0.338 e. The molecule has 2 N–H and O–H groups in total. The Morgan fingerprint density at radius 1 is 0.917 bits per heavy atom. The lowest BCUT2D eigenvalue weighted by Gasteiger charge is -2.15. The van der Waals surface area contributed by atoms with E-state index in [2.05, 4.69) is 10.6 Å². The van der Waals surface area contributed by atoms with Gasteiger partial charge >= 0.3 is 5.97 Å². The summed E-state index contributed by atoms with van der Waals surface area (Å²) in [5.41, 5.74) is 1.06. The van der Waals surface area contributed by atoms with E-state index in [-0.39, 0.29) is 39.8 Å². The van der Waals surface area contributed by atoms with Crippen molar-refractivity contribution in [3.8, 4) is 0 Å². The van der Waals surface area contributed by atoms with Crippen molar-refractivity contribution in [2.24, 2.45) is 0 Å². The fourth-order valence-corrected chi connectivity index (χ4v) is 3.63. The van der Waals surface area contributed by atoms with Crippen LogP contribution < -0.4 is 15.5 Å². The second-order valence-electron chi connectivity index (χ2n) is 7.54. The van der Waals surface area contributed by atoms with Gasteiger partial charge in [-0.1, -0.05) is 23.7 Å². The van der Waals surface area contributed by atoms with E-state index in [9.17, 15) is 23.6 Å². The van der Waals surface area contributed by atoms with Gasteiger partial charge in [-0.2, -0.15) is 0 Å². The molecule has 36 heavy (non-hydrogen) atoms. The molecule has 1 aliphatic rings. The Morgan fingerprint density at radius 3 is 2.19 bits per heavy atom. The average Bonchev–Trinajstić information content (AvgIpc) is 3.09. The second-order valence-corrected chi connectivity index (χ2v) is 7.92. The zero-order valence-corrected chi connectivity index (χ0v) is 19.6. The van der Waals surface area contributed by atoms with Gasteiger partial charge in [-0.3, -0.25) is 14.4 Å². The molecular formula is C26H19ClFN3O5. The van der Waals surface area contributed by atoms with Gasteiger partial charge in [0.1, 0.15) is 16.5 Å². The molecule has 4 rings (SSSR count). The Kier molecular flexibility index (Phi) is 7.12. The van der Waals surface area contributed by atoms with Gasteiger partial charge in [0, 0.05) is 11.3 Å². The van der Waals surface area contributed by atoms with Crippen LogP contribution in [0, 0.1) is 5.82 Å². The van der Waals surface area contributed by atoms with E-state index in [1.807, 2.05) is 0 Å². The molecule has 3 aromatic carbocycles. The summed E-state index contributed by atoms with van der Waals surface area (Å²) in [6.07, 6.45) is 0. The molecule has 0 atom stereocenters. The maximum absolute atomic E-state index is 13.8. The van der Waals surface area contributed by atoms with E-state index in [0.717, 1.165) is 4.90 Å². The highest BCUT2D eigenvalue weighted by Gasteiger charge is 2.39. The van der Waals surface area contributed by atoms with Gasteiger partial charge in [0.05, 0.1) is 23.5 Å². The number of hydrogen-bond acceptors (Lipinski definition) is 6. The maximum atomic E-state index is 13.8. The highest BCUT2D eigenvalue weighted by molar-refractivity contribution is 6.53. The SMILES string of the molecule is CCOC(=O)c1ccc(N2C(=O)C(Cl)=C(Nc3ccc(C(=O)Nc4ccccc4F)cc3)C2=O)cc1. The van der Waals surface area contributed by atoms with Gasteiger partial charge < -0.3 is 15.4 Å². The molecule has 0 fully saturated rings. The Bertz CT molecular complexity index is 1390. The third-order valence-electron chi connectivity index (χ3n) is 5.20. The minimum atomic E-state index is -0.728. The van der Waals surface area contributed by atoms with Crippen molar-refractivity contribution in [2.75, 3.05) is 22.1 Å². The van der Waals surface area contributed by atoms with E-state index < -0.39 is 29.5 Å². The molecule has 3 amide bonds. The van der Waals surface area contributed by atoms with Crippen LogP contribution in [0.2, 0.25) is 0 Å². The number of anilines is 3. The molecule has 0 spiro atoms. The van der Waals surface area contributed by atoms with Gasteiger partial charge in [-0.15, -0.1) is 0 Å². The van der Waals surface area contributed by atoms with Gasteiger partial charge in [0.2, 0.25) is 0 Å². The zero-order chi connectivity index (χ0) is 25.8. The van der Waals surface area contributed by atoms with Crippen molar-refractivity contribution in [3.63, 3.8) is 0 Å². The number of carbonyl (C=O) groups excluding carboxylic acids is 4. The van der Waals surface area contributed by atoms with Crippen molar-refractivity contribution < 1.29 is 28.3 Å². The summed E-state index contributed by atoms with van der Waals surface area (Å²) in [7, 11) is 0. The van der Waals surface area contributed by atoms with Gasteiger partial charge in [0.25, 0.3) is 17.7 Å².